The molecule has 0 aromatic rings. The van der Waals surface area contributed by atoms with Gasteiger partial charge in [0.15, 0.2) is 6.29 Å². The van der Waals surface area contributed by atoms with Gasteiger partial charge < -0.3 is 9.47 Å². The summed E-state index contributed by atoms with van der Waals surface area (Å²) in [7, 11) is 0. The van der Waals surface area contributed by atoms with Gasteiger partial charge in [0.25, 0.3) is 0 Å². The summed E-state index contributed by atoms with van der Waals surface area (Å²) in [5.74, 6) is 1.62. The van der Waals surface area contributed by atoms with Gasteiger partial charge in [-0.25, -0.2) is 0 Å². The van der Waals surface area contributed by atoms with E-state index in [2.05, 4.69) is 32.9 Å². The highest BCUT2D eigenvalue weighted by Crippen LogP contribution is 2.32. The summed E-state index contributed by atoms with van der Waals surface area (Å²) in [6.07, 6.45) is 9.38. The SMILES string of the molecule is CC1=C/C(=C\CC2OCCO2)CC(CC(C)C)C1. The third-order valence-corrected chi connectivity index (χ3v) is 3.63. The molecule has 1 saturated heterocycles. The molecule has 1 fully saturated rings. The molecule has 0 spiro atoms. The molecule has 2 heteroatoms. The summed E-state index contributed by atoms with van der Waals surface area (Å²) in [4.78, 5) is 0. The molecule has 1 heterocycles. The van der Waals surface area contributed by atoms with Crippen LogP contribution in [0, 0.1) is 11.8 Å². The second-order valence-electron chi connectivity index (χ2n) is 6.08. The smallest absolute Gasteiger partial charge is 0.161 e. The molecule has 0 bridgehead atoms. The van der Waals surface area contributed by atoms with E-state index in [-0.39, 0.29) is 6.29 Å². The number of allylic oxidation sites excluding steroid dienone is 3. The Bertz CT molecular complexity index is 322. The minimum absolute atomic E-state index is 0.00307. The van der Waals surface area contributed by atoms with Crippen LogP contribution in [-0.4, -0.2) is 19.5 Å². The van der Waals surface area contributed by atoms with E-state index in [1.54, 1.807) is 0 Å². The Labute approximate surface area is 111 Å². The zero-order chi connectivity index (χ0) is 13.0. The molecule has 0 saturated carbocycles. The second-order valence-corrected chi connectivity index (χ2v) is 6.08. The van der Waals surface area contributed by atoms with Gasteiger partial charge in [0.2, 0.25) is 0 Å². The van der Waals surface area contributed by atoms with Crippen LogP contribution in [-0.2, 0) is 9.47 Å². The lowest BCUT2D eigenvalue weighted by Gasteiger charge is -2.25. The van der Waals surface area contributed by atoms with Gasteiger partial charge in [0.05, 0.1) is 13.2 Å². The lowest BCUT2D eigenvalue weighted by Crippen LogP contribution is -2.11. The maximum atomic E-state index is 5.47. The van der Waals surface area contributed by atoms with Gasteiger partial charge in [-0.3, -0.25) is 0 Å². The normalized spacial score (nSPS) is 28.1. The Balaban J connectivity index is 1.90. The highest BCUT2D eigenvalue weighted by atomic mass is 16.7. The summed E-state index contributed by atoms with van der Waals surface area (Å²) < 4.78 is 10.9. The van der Waals surface area contributed by atoms with Crippen molar-refractivity contribution in [3.63, 3.8) is 0 Å². The fourth-order valence-electron chi connectivity index (χ4n) is 3.06. The van der Waals surface area contributed by atoms with Crippen LogP contribution >= 0.6 is 0 Å². The second kappa shape index (κ2) is 6.53. The van der Waals surface area contributed by atoms with E-state index in [9.17, 15) is 0 Å². The fraction of sp³-hybridized carbons (Fsp3) is 0.750. The predicted molar refractivity (Wildman–Crippen MR) is 74.3 cm³/mol. The summed E-state index contributed by atoms with van der Waals surface area (Å²) in [6.45, 7) is 8.38. The van der Waals surface area contributed by atoms with Gasteiger partial charge in [-0.05, 0) is 38.0 Å². The lowest BCUT2D eigenvalue weighted by atomic mass is 9.81. The molecule has 2 rings (SSSR count). The molecular formula is C16H26O2. The predicted octanol–water partition coefficient (Wildman–Crippen LogP) is 4.08. The summed E-state index contributed by atoms with van der Waals surface area (Å²) >= 11 is 0. The first kappa shape index (κ1) is 13.8. The summed E-state index contributed by atoms with van der Waals surface area (Å²) in [5.41, 5.74) is 3.00. The molecule has 1 unspecified atom stereocenters. The first-order chi connectivity index (χ1) is 8.63. The van der Waals surface area contributed by atoms with E-state index in [1.807, 2.05) is 0 Å². The van der Waals surface area contributed by atoms with Crippen molar-refractivity contribution >= 4 is 0 Å². The zero-order valence-corrected chi connectivity index (χ0v) is 11.9. The Kier molecular flexibility index (Phi) is 5.02. The zero-order valence-electron chi connectivity index (χ0n) is 11.9. The Hall–Kier alpha value is -0.600. The average Bonchev–Trinajstić information content (AvgIpc) is 2.77. The molecule has 0 amide bonds. The van der Waals surface area contributed by atoms with Crippen molar-refractivity contribution in [2.45, 2.75) is 52.7 Å². The molecule has 2 aliphatic rings. The average molecular weight is 250 g/mol. The van der Waals surface area contributed by atoms with Crippen molar-refractivity contribution in [2.24, 2.45) is 11.8 Å². The molecule has 0 aromatic heterocycles. The molecule has 1 aliphatic carbocycles. The first-order valence-corrected chi connectivity index (χ1v) is 7.23. The molecule has 0 N–H and O–H groups in total. The minimum Gasteiger partial charge on any atom is -0.350 e. The van der Waals surface area contributed by atoms with E-state index < -0.39 is 0 Å². The standard InChI is InChI=1S/C16H26O2/c1-12(2)8-15-10-13(3)9-14(11-15)4-5-16-17-6-7-18-16/h4,9,12,15-16H,5-8,10-11H2,1-3H3/b14-4+. The minimum atomic E-state index is -0.00307. The third-order valence-electron chi connectivity index (χ3n) is 3.63. The Morgan fingerprint density at radius 3 is 2.67 bits per heavy atom. The largest absolute Gasteiger partial charge is 0.350 e. The van der Waals surface area contributed by atoms with E-state index in [0.717, 1.165) is 31.5 Å². The van der Waals surface area contributed by atoms with Gasteiger partial charge >= 0.3 is 0 Å². The Morgan fingerprint density at radius 2 is 2.00 bits per heavy atom. The van der Waals surface area contributed by atoms with E-state index in [1.165, 1.54) is 30.4 Å². The van der Waals surface area contributed by atoms with Gasteiger partial charge in [-0.1, -0.05) is 37.1 Å². The maximum absolute atomic E-state index is 5.47. The number of hydrogen-bond donors (Lipinski definition) is 0. The van der Waals surface area contributed by atoms with Crippen LogP contribution in [0.1, 0.15) is 46.5 Å². The van der Waals surface area contributed by atoms with Crippen molar-refractivity contribution in [3.8, 4) is 0 Å². The monoisotopic (exact) mass is 250 g/mol. The lowest BCUT2D eigenvalue weighted by molar-refractivity contribution is -0.0381. The van der Waals surface area contributed by atoms with Gasteiger partial charge in [0.1, 0.15) is 0 Å². The summed E-state index contributed by atoms with van der Waals surface area (Å²) in [5, 5.41) is 0. The van der Waals surface area contributed by atoms with Crippen molar-refractivity contribution in [2.75, 3.05) is 13.2 Å². The van der Waals surface area contributed by atoms with Crippen molar-refractivity contribution < 1.29 is 9.47 Å². The number of hydrogen-bond acceptors (Lipinski definition) is 2. The Morgan fingerprint density at radius 1 is 1.28 bits per heavy atom. The number of rotatable bonds is 4. The van der Waals surface area contributed by atoms with Crippen LogP contribution in [0.4, 0.5) is 0 Å². The van der Waals surface area contributed by atoms with Crippen LogP contribution in [0.25, 0.3) is 0 Å². The molecule has 1 atom stereocenters. The van der Waals surface area contributed by atoms with Crippen LogP contribution in [0.3, 0.4) is 0 Å². The topological polar surface area (TPSA) is 18.5 Å². The van der Waals surface area contributed by atoms with Crippen molar-refractivity contribution in [1.82, 2.24) is 0 Å². The molecule has 1 aliphatic heterocycles. The highest BCUT2D eigenvalue weighted by Gasteiger charge is 2.19. The van der Waals surface area contributed by atoms with Crippen LogP contribution in [0.2, 0.25) is 0 Å². The van der Waals surface area contributed by atoms with Gasteiger partial charge in [-0.2, -0.15) is 0 Å². The fourth-order valence-corrected chi connectivity index (χ4v) is 3.06. The van der Waals surface area contributed by atoms with Crippen LogP contribution in [0.5, 0.6) is 0 Å². The highest BCUT2D eigenvalue weighted by molar-refractivity contribution is 5.27. The number of ether oxygens (including phenoxy) is 2. The van der Waals surface area contributed by atoms with Gasteiger partial charge in [0, 0.05) is 6.42 Å². The third kappa shape index (κ3) is 4.25. The molecule has 0 aromatic carbocycles. The molecular weight excluding hydrogens is 224 g/mol. The van der Waals surface area contributed by atoms with Gasteiger partial charge in [-0.15, -0.1) is 0 Å². The van der Waals surface area contributed by atoms with Crippen molar-refractivity contribution in [3.05, 3.63) is 23.3 Å². The molecule has 2 nitrogen and oxygen atoms in total. The van der Waals surface area contributed by atoms with Crippen molar-refractivity contribution in [1.29, 1.82) is 0 Å². The molecule has 18 heavy (non-hydrogen) atoms. The van der Waals surface area contributed by atoms with E-state index in [4.69, 9.17) is 9.47 Å². The quantitative estimate of drug-likeness (QED) is 0.748. The van der Waals surface area contributed by atoms with Crippen LogP contribution < -0.4 is 0 Å². The van der Waals surface area contributed by atoms with E-state index >= 15 is 0 Å². The van der Waals surface area contributed by atoms with E-state index in [0.29, 0.717) is 0 Å². The molecule has 102 valence electrons. The molecule has 0 radical (unpaired) electrons. The maximum Gasteiger partial charge on any atom is 0.161 e. The first-order valence-electron chi connectivity index (χ1n) is 7.23. The van der Waals surface area contributed by atoms with Crippen LogP contribution in [0.15, 0.2) is 23.3 Å². The summed E-state index contributed by atoms with van der Waals surface area (Å²) in [6, 6.07) is 0.